The molecule has 3 aliphatic heterocycles. The van der Waals surface area contributed by atoms with Crippen molar-refractivity contribution in [2.45, 2.75) is 50.3 Å². The molecule has 0 radical (unpaired) electrons. The van der Waals surface area contributed by atoms with Gasteiger partial charge in [-0.2, -0.15) is 0 Å². The van der Waals surface area contributed by atoms with Crippen LogP contribution in [0, 0.1) is 11.8 Å². The predicted molar refractivity (Wildman–Crippen MR) is 152 cm³/mol. The molecule has 2 aromatic rings. The number of nitrogens with one attached hydrogen (secondary N) is 1. The van der Waals surface area contributed by atoms with Gasteiger partial charge >= 0.3 is 5.97 Å². The molecule has 210 valence electrons. The average Bonchev–Trinajstić information content (AvgIpc) is 3.40. The molecule has 9 nitrogen and oxygen atoms in total. The Morgan fingerprint density at radius 1 is 1.23 bits per heavy atom. The van der Waals surface area contributed by atoms with Crippen LogP contribution in [0.1, 0.15) is 36.2 Å². The van der Waals surface area contributed by atoms with Crippen LogP contribution in [0.15, 0.2) is 59.1 Å². The number of aldehydes is 1. The van der Waals surface area contributed by atoms with Crippen molar-refractivity contribution in [3.63, 3.8) is 0 Å². The lowest BCUT2D eigenvalue weighted by Gasteiger charge is -2.46. The third-order valence-corrected chi connectivity index (χ3v) is 9.57. The van der Waals surface area contributed by atoms with Gasteiger partial charge in [0.15, 0.2) is 0 Å². The number of β-lactam (4-membered cyclic amide) rings is 1. The highest BCUT2D eigenvalue weighted by molar-refractivity contribution is 8.03. The lowest BCUT2D eigenvalue weighted by atomic mass is 9.79. The number of aliphatic hydroxyl groups is 1. The molecule has 2 saturated heterocycles. The lowest BCUT2D eigenvalue weighted by Crippen LogP contribution is -2.63. The summed E-state index contributed by atoms with van der Waals surface area (Å²) < 4.78 is 0. The molecule has 6 atom stereocenters. The van der Waals surface area contributed by atoms with E-state index in [1.54, 1.807) is 37.3 Å². The van der Waals surface area contributed by atoms with Gasteiger partial charge in [0.05, 0.1) is 24.1 Å². The Bertz CT molecular complexity index is 1400. The van der Waals surface area contributed by atoms with Crippen molar-refractivity contribution in [2.75, 3.05) is 11.9 Å². The maximum absolute atomic E-state index is 13.5. The predicted octanol–water partition coefficient (Wildman–Crippen LogP) is 3.62. The number of nitrogens with zero attached hydrogens (tertiary/aromatic N) is 2. The van der Waals surface area contributed by atoms with Crippen LogP contribution in [0.4, 0.5) is 5.69 Å². The summed E-state index contributed by atoms with van der Waals surface area (Å²) in [5.74, 6) is -2.66. The first kappa shape index (κ1) is 28.4. The molecule has 3 N–H and O–H groups in total. The van der Waals surface area contributed by atoms with Crippen LogP contribution in [0.25, 0.3) is 0 Å². The smallest absolute Gasteiger partial charge is 0.353 e. The molecule has 5 rings (SSSR count). The summed E-state index contributed by atoms with van der Waals surface area (Å²) in [4.78, 5) is 53.7. The number of likely N-dealkylation sites (tertiary alicyclic amines) is 1. The second kappa shape index (κ2) is 11.4. The highest BCUT2D eigenvalue weighted by atomic mass is 35.5. The molecule has 40 heavy (non-hydrogen) atoms. The SMILES string of the molecule is C[C@@H](O)[C@H]1C(=O)N2C(C(=O)O)=C(S[C@H]3C[C@@H](C(=O)Nc4cccc(C=O)c4)N(Cc4cccc(Cl)c4)C3)[C@H](C)[C@H]12. The van der Waals surface area contributed by atoms with Gasteiger partial charge in [0.1, 0.15) is 12.0 Å². The number of carbonyl (C=O) groups is 4. The maximum Gasteiger partial charge on any atom is 0.353 e. The number of fused-ring (bicyclic) bond motifs is 1. The number of hydrogen-bond donors (Lipinski definition) is 3. The highest BCUT2D eigenvalue weighted by Gasteiger charge is 2.60. The quantitative estimate of drug-likeness (QED) is 0.302. The van der Waals surface area contributed by atoms with Gasteiger partial charge in [-0.15, -0.1) is 11.8 Å². The standard InChI is InChI=1S/C29H30ClN3O6S/c1-15-24-23(16(2)35)28(37)33(24)25(29(38)39)26(15)40-21-11-22(27(36)31-20-8-4-6-18(10-20)14-34)32(13-21)12-17-5-3-7-19(30)9-17/h3-10,14-16,21-24,35H,11-13H2,1-2H3,(H,31,36)(H,38,39)/t15-,16-,21+,22+,23-,24-/m1/s1. The fourth-order valence-electron chi connectivity index (χ4n) is 6.04. The van der Waals surface area contributed by atoms with Crippen molar-refractivity contribution >= 4 is 53.1 Å². The molecule has 3 heterocycles. The van der Waals surface area contributed by atoms with E-state index in [4.69, 9.17) is 11.6 Å². The third-order valence-electron chi connectivity index (χ3n) is 7.84. The van der Waals surface area contributed by atoms with Crippen LogP contribution in [0.3, 0.4) is 0 Å². The Morgan fingerprint density at radius 2 is 1.98 bits per heavy atom. The summed E-state index contributed by atoms with van der Waals surface area (Å²) in [5.41, 5.74) is 1.88. The number of benzene rings is 2. The van der Waals surface area contributed by atoms with Crippen molar-refractivity contribution < 1.29 is 29.4 Å². The van der Waals surface area contributed by atoms with E-state index in [-0.39, 0.29) is 28.7 Å². The maximum atomic E-state index is 13.5. The number of carbonyl (C=O) groups excluding carboxylic acids is 3. The van der Waals surface area contributed by atoms with Crippen LogP contribution in [0.2, 0.25) is 5.02 Å². The summed E-state index contributed by atoms with van der Waals surface area (Å²) in [7, 11) is 0. The summed E-state index contributed by atoms with van der Waals surface area (Å²) in [6.07, 6.45) is 0.294. The zero-order valence-corrected chi connectivity index (χ0v) is 23.6. The third kappa shape index (κ3) is 5.28. The first-order valence-corrected chi connectivity index (χ1v) is 14.3. The molecule has 0 spiro atoms. The van der Waals surface area contributed by atoms with Crippen molar-refractivity contribution in [1.29, 1.82) is 0 Å². The molecule has 0 aromatic heterocycles. The van der Waals surface area contributed by atoms with E-state index in [1.807, 2.05) is 30.0 Å². The number of carboxylic acids is 1. The Kier molecular flexibility index (Phi) is 8.05. The first-order chi connectivity index (χ1) is 19.1. The second-order valence-corrected chi connectivity index (χ2v) is 12.3. The zero-order chi connectivity index (χ0) is 28.7. The van der Waals surface area contributed by atoms with Gasteiger partial charge in [-0.05, 0) is 43.2 Å². The van der Waals surface area contributed by atoms with Gasteiger partial charge in [0.25, 0.3) is 0 Å². The average molecular weight is 584 g/mol. The Labute approximate surface area is 241 Å². The first-order valence-electron chi connectivity index (χ1n) is 13.1. The molecular weight excluding hydrogens is 554 g/mol. The van der Waals surface area contributed by atoms with E-state index in [1.165, 1.54) is 16.7 Å². The molecular formula is C29H30ClN3O6S. The number of thioether (sulfide) groups is 1. The van der Waals surface area contributed by atoms with Crippen LogP contribution in [-0.4, -0.2) is 74.1 Å². The van der Waals surface area contributed by atoms with Gasteiger partial charge in [-0.3, -0.25) is 19.3 Å². The fraction of sp³-hybridized carbons (Fsp3) is 0.379. The van der Waals surface area contributed by atoms with Crippen molar-refractivity contribution in [3.05, 3.63) is 75.3 Å². The van der Waals surface area contributed by atoms with E-state index in [0.717, 1.165) is 11.8 Å². The number of rotatable bonds is 9. The van der Waals surface area contributed by atoms with Crippen LogP contribution < -0.4 is 5.32 Å². The topological polar surface area (TPSA) is 127 Å². The number of hydrogen-bond acceptors (Lipinski definition) is 7. The van der Waals surface area contributed by atoms with Gasteiger partial charge in [-0.1, -0.05) is 42.8 Å². The van der Waals surface area contributed by atoms with Gasteiger partial charge < -0.3 is 20.4 Å². The number of aliphatic carboxylic acids is 1. The normalized spacial score (nSPS) is 26.9. The minimum absolute atomic E-state index is 0.0237. The summed E-state index contributed by atoms with van der Waals surface area (Å²) in [6.45, 7) is 4.41. The van der Waals surface area contributed by atoms with E-state index in [9.17, 15) is 29.4 Å². The van der Waals surface area contributed by atoms with Gasteiger partial charge in [0.2, 0.25) is 11.8 Å². The number of aliphatic hydroxyl groups excluding tert-OH is 1. The molecule has 0 saturated carbocycles. The highest BCUT2D eigenvalue weighted by Crippen LogP contribution is 2.52. The Balaban J connectivity index is 1.39. The number of carboxylic acid groups (broad SMARTS) is 1. The van der Waals surface area contributed by atoms with Crippen LogP contribution in [0.5, 0.6) is 0 Å². The molecule has 0 bridgehead atoms. The Morgan fingerprint density at radius 3 is 2.65 bits per heavy atom. The fourth-order valence-corrected chi connectivity index (χ4v) is 7.81. The minimum Gasteiger partial charge on any atom is -0.477 e. The van der Waals surface area contributed by atoms with Gasteiger partial charge in [-0.25, -0.2) is 4.79 Å². The molecule has 0 unspecified atom stereocenters. The van der Waals surface area contributed by atoms with E-state index in [2.05, 4.69) is 5.32 Å². The zero-order valence-electron chi connectivity index (χ0n) is 22.0. The monoisotopic (exact) mass is 583 g/mol. The van der Waals surface area contributed by atoms with E-state index >= 15 is 0 Å². The van der Waals surface area contributed by atoms with Crippen LogP contribution in [-0.2, 0) is 20.9 Å². The summed E-state index contributed by atoms with van der Waals surface area (Å²) in [6, 6.07) is 13.2. The van der Waals surface area contributed by atoms with Crippen molar-refractivity contribution in [2.24, 2.45) is 11.8 Å². The molecule has 11 heteroatoms. The number of anilines is 1. The molecule has 2 aromatic carbocycles. The van der Waals surface area contributed by atoms with Gasteiger partial charge in [0, 0.05) is 45.4 Å². The molecule has 2 amide bonds. The number of amides is 2. The molecule has 3 aliphatic rings. The summed E-state index contributed by atoms with van der Waals surface area (Å²) in [5, 5.41) is 23.6. The van der Waals surface area contributed by atoms with E-state index in [0.29, 0.717) is 40.7 Å². The largest absolute Gasteiger partial charge is 0.477 e. The lowest BCUT2D eigenvalue weighted by molar-refractivity contribution is -0.163. The number of halogens is 1. The summed E-state index contributed by atoms with van der Waals surface area (Å²) >= 11 is 7.61. The van der Waals surface area contributed by atoms with E-state index < -0.39 is 30.1 Å². The second-order valence-electron chi connectivity index (χ2n) is 10.6. The van der Waals surface area contributed by atoms with Crippen molar-refractivity contribution in [1.82, 2.24) is 9.80 Å². The van der Waals surface area contributed by atoms with Crippen molar-refractivity contribution in [3.8, 4) is 0 Å². The minimum atomic E-state index is -1.17. The molecule has 0 aliphatic carbocycles. The van der Waals surface area contributed by atoms with Crippen LogP contribution >= 0.6 is 23.4 Å². The molecule has 2 fully saturated rings. The Hall–Kier alpha value is -3.18.